The van der Waals surface area contributed by atoms with E-state index in [9.17, 15) is 4.79 Å². The van der Waals surface area contributed by atoms with Gasteiger partial charge >= 0.3 is 0 Å². The summed E-state index contributed by atoms with van der Waals surface area (Å²) in [6.45, 7) is 0.683. The minimum atomic E-state index is -0.115. The number of benzene rings is 2. The molecule has 3 rings (SSSR count). The Morgan fingerprint density at radius 3 is 2.71 bits per heavy atom. The van der Waals surface area contributed by atoms with Crippen LogP contribution in [0.15, 0.2) is 54.6 Å². The Bertz CT molecular complexity index is 610. The van der Waals surface area contributed by atoms with E-state index in [1.54, 1.807) is 0 Å². The highest BCUT2D eigenvalue weighted by Crippen LogP contribution is 2.24. The van der Waals surface area contributed by atoms with Crippen LogP contribution in [0, 0.1) is 0 Å². The van der Waals surface area contributed by atoms with Crippen LogP contribution in [-0.2, 0) is 17.6 Å². The summed E-state index contributed by atoms with van der Waals surface area (Å²) in [5.74, 6) is 0.0976. The van der Waals surface area contributed by atoms with Crippen molar-refractivity contribution >= 4 is 11.6 Å². The molecule has 2 aromatic rings. The summed E-state index contributed by atoms with van der Waals surface area (Å²) in [6, 6.07) is 18.3. The lowest BCUT2D eigenvalue weighted by Gasteiger charge is -2.26. The molecule has 1 unspecified atom stereocenters. The summed E-state index contributed by atoms with van der Waals surface area (Å²) in [7, 11) is 0. The van der Waals surface area contributed by atoms with Crippen molar-refractivity contribution in [3.05, 3.63) is 65.7 Å². The number of carbonyl (C=O) groups is 1. The molecule has 108 valence electrons. The SMILES string of the molecule is O=C(NCCc1ccccc1)C1CCc2ccccc2N1. The van der Waals surface area contributed by atoms with Crippen LogP contribution < -0.4 is 10.6 Å². The van der Waals surface area contributed by atoms with Crippen LogP contribution in [-0.4, -0.2) is 18.5 Å². The molecular formula is C18H20N2O. The van der Waals surface area contributed by atoms with Gasteiger partial charge in [0.2, 0.25) is 5.91 Å². The molecule has 0 saturated carbocycles. The number of hydrogen-bond donors (Lipinski definition) is 2. The lowest BCUT2D eigenvalue weighted by Crippen LogP contribution is -2.42. The molecule has 3 nitrogen and oxygen atoms in total. The third-order valence-corrected chi connectivity index (χ3v) is 3.92. The maximum Gasteiger partial charge on any atom is 0.242 e. The van der Waals surface area contributed by atoms with Crippen molar-refractivity contribution in [1.82, 2.24) is 5.32 Å². The van der Waals surface area contributed by atoms with Crippen molar-refractivity contribution in [2.45, 2.75) is 25.3 Å². The molecule has 0 saturated heterocycles. The zero-order valence-electron chi connectivity index (χ0n) is 12.0. The summed E-state index contributed by atoms with van der Waals surface area (Å²) in [4.78, 5) is 12.2. The van der Waals surface area contributed by atoms with Gasteiger partial charge in [0, 0.05) is 12.2 Å². The molecule has 1 heterocycles. The van der Waals surface area contributed by atoms with E-state index >= 15 is 0 Å². The number of rotatable bonds is 4. The largest absolute Gasteiger partial charge is 0.373 e. The minimum absolute atomic E-state index is 0.0976. The number of anilines is 1. The van der Waals surface area contributed by atoms with Crippen molar-refractivity contribution in [2.75, 3.05) is 11.9 Å². The molecule has 0 aliphatic carbocycles. The number of fused-ring (bicyclic) bond motifs is 1. The number of amides is 1. The molecule has 0 bridgehead atoms. The summed E-state index contributed by atoms with van der Waals surface area (Å²) in [5.41, 5.74) is 3.64. The van der Waals surface area contributed by atoms with Gasteiger partial charge < -0.3 is 10.6 Å². The normalized spacial score (nSPS) is 16.7. The average Bonchev–Trinajstić information content (AvgIpc) is 2.55. The Morgan fingerprint density at radius 2 is 1.86 bits per heavy atom. The zero-order chi connectivity index (χ0) is 14.5. The van der Waals surface area contributed by atoms with E-state index in [0.717, 1.165) is 24.9 Å². The van der Waals surface area contributed by atoms with Gasteiger partial charge in [0.15, 0.2) is 0 Å². The summed E-state index contributed by atoms with van der Waals surface area (Å²) in [5, 5.41) is 6.36. The van der Waals surface area contributed by atoms with Crippen LogP contribution >= 0.6 is 0 Å². The fourth-order valence-corrected chi connectivity index (χ4v) is 2.73. The second-order valence-corrected chi connectivity index (χ2v) is 5.42. The van der Waals surface area contributed by atoms with Gasteiger partial charge in [-0.1, -0.05) is 48.5 Å². The Kier molecular flexibility index (Phi) is 4.20. The van der Waals surface area contributed by atoms with Gasteiger partial charge in [-0.2, -0.15) is 0 Å². The van der Waals surface area contributed by atoms with Crippen molar-refractivity contribution in [3.63, 3.8) is 0 Å². The molecule has 0 fully saturated rings. The second-order valence-electron chi connectivity index (χ2n) is 5.42. The van der Waals surface area contributed by atoms with Gasteiger partial charge in [0.05, 0.1) is 0 Å². The van der Waals surface area contributed by atoms with Crippen molar-refractivity contribution in [2.24, 2.45) is 0 Å². The number of nitrogens with one attached hydrogen (secondary N) is 2. The highest BCUT2D eigenvalue weighted by molar-refractivity contribution is 5.85. The molecule has 1 aliphatic rings. The van der Waals surface area contributed by atoms with Crippen LogP contribution in [0.25, 0.3) is 0 Å². The topological polar surface area (TPSA) is 41.1 Å². The minimum Gasteiger partial charge on any atom is -0.373 e. The first-order valence-electron chi connectivity index (χ1n) is 7.49. The van der Waals surface area contributed by atoms with Crippen molar-refractivity contribution < 1.29 is 4.79 Å². The summed E-state index contributed by atoms with van der Waals surface area (Å²) < 4.78 is 0. The highest BCUT2D eigenvalue weighted by atomic mass is 16.2. The third-order valence-electron chi connectivity index (χ3n) is 3.92. The molecule has 0 aromatic heterocycles. The second kappa shape index (κ2) is 6.44. The maximum atomic E-state index is 12.2. The van der Waals surface area contributed by atoms with Crippen LogP contribution in [0.1, 0.15) is 17.5 Å². The smallest absolute Gasteiger partial charge is 0.242 e. The van der Waals surface area contributed by atoms with Gasteiger partial charge in [0.25, 0.3) is 0 Å². The average molecular weight is 280 g/mol. The fraction of sp³-hybridized carbons (Fsp3) is 0.278. The zero-order valence-corrected chi connectivity index (χ0v) is 12.0. The highest BCUT2D eigenvalue weighted by Gasteiger charge is 2.22. The number of hydrogen-bond acceptors (Lipinski definition) is 2. The van der Waals surface area contributed by atoms with E-state index in [4.69, 9.17) is 0 Å². The van der Waals surface area contributed by atoms with Gasteiger partial charge in [-0.3, -0.25) is 4.79 Å². The molecule has 0 spiro atoms. The molecule has 1 amide bonds. The molecule has 0 radical (unpaired) electrons. The number of carbonyl (C=O) groups excluding carboxylic acids is 1. The maximum absolute atomic E-state index is 12.2. The number of aryl methyl sites for hydroxylation is 1. The van der Waals surface area contributed by atoms with E-state index in [0.29, 0.717) is 6.54 Å². The molecule has 2 aromatic carbocycles. The molecule has 2 N–H and O–H groups in total. The van der Waals surface area contributed by atoms with Gasteiger partial charge in [-0.05, 0) is 36.5 Å². The molecule has 1 aliphatic heterocycles. The van der Waals surface area contributed by atoms with E-state index in [2.05, 4.69) is 28.8 Å². The van der Waals surface area contributed by atoms with E-state index in [1.165, 1.54) is 11.1 Å². The first-order chi connectivity index (χ1) is 10.3. The fourth-order valence-electron chi connectivity index (χ4n) is 2.73. The molecular weight excluding hydrogens is 260 g/mol. The van der Waals surface area contributed by atoms with Gasteiger partial charge in [-0.15, -0.1) is 0 Å². The van der Waals surface area contributed by atoms with Crippen LogP contribution in [0.2, 0.25) is 0 Å². The Labute approximate surface area is 125 Å². The third kappa shape index (κ3) is 3.43. The van der Waals surface area contributed by atoms with Gasteiger partial charge in [0.1, 0.15) is 6.04 Å². The van der Waals surface area contributed by atoms with Crippen LogP contribution in [0.4, 0.5) is 5.69 Å². The summed E-state index contributed by atoms with van der Waals surface area (Å²) >= 11 is 0. The van der Waals surface area contributed by atoms with Crippen LogP contribution in [0.3, 0.4) is 0 Å². The predicted octanol–water partition coefficient (Wildman–Crippen LogP) is 2.77. The lowest BCUT2D eigenvalue weighted by molar-refractivity contribution is -0.122. The quantitative estimate of drug-likeness (QED) is 0.904. The first-order valence-corrected chi connectivity index (χ1v) is 7.49. The van der Waals surface area contributed by atoms with Crippen molar-refractivity contribution in [3.8, 4) is 0 Å². The molecule has 21 heavy (non-hydrogen) atoms. The number of para-hydroxylation sites is 1. The van der Waals surface area contributed by atoms with Crippen molar-refractivity contribution in [1.29, 1.82) is 0 Å². The Balaban J connectivity index is 1.50. The Hall–Kier alpha value is -2.29. The van der Waals surface area contributed by atoms with E-state index < -0.39 is 0 Å². The standard InChI is InChI=1S/C18H20N2O/c21-18(19-13-12-14-6-2-1-3-7-14)17-11-10-15-8-4-5-9-16(15)20-17/h1-9,17,20H,10-13H2,(H,19,21). The van der Waals surface area contributed by atoms with E-state index in [1.807, 2.05) is 36.4 Å². The van der Waals surface area contributed by atoms with Crippen LogP contribution in [0.5, 0.6) is 0 Å². The predicted molar refractivity (Wildman–Crippen MR) is 85.3 cm³/mol. The van der Waals surface area contributed by atoms with Gasteiger partial charge in [-0.25, -0.2) is 0 Å². The molecule has 3 heteroatoms. The van der Waals surface area contributed by atoms with E-state index in [-0.39, 0.29) is 11.9 Å². The Morgan fingerprint density at radius 1 is 1.10 bits per heavy atom. The summed E-state index contributed by atoms with van der Waals surface area (Å²) in [6.07, 6.45) is 2.68. The monoisotopic (exact) mass is 280 g/mol. The lowest BCUT2D eigenvalue weighted by atomic mass is 9.97. The molecule has 1 atom stereocenters. The first kappa shape index (κ1) is 13.7.